The molecule has 0 aliphatic heterocycles. The summed E-state index contributed by atoms with van der Waals surface area (Å²) < 4.78 is 25.5. The van der Waals surface area contributed by atoms with Crippen molar-refractivity contribution in [3.63, 3.8) is 0 Å². The lowest BCUT2D eigenvalue weighted by Crippen LogP contribution is -2.26. The average Bonchev–Trinajstić information content (AvgIpc) is 2.08. The van der Waals surface area contributed by atoms with Crippen LogP contribution in [0.15, 0.2) is 28.2 Å². The maximum absolute atomic E-state index is 13.0. The van der Waals surface area contributed by atoms with Gasteiger partial charge in [0.25, 0.3) is 0 Å². The molecule has 17 heavy (non-hydrogen) atoms. The van der Waals surface area contributed by atoms with Crippen LogP contribution in [-0.2, 0) is 0 Å². The number of nitrogens with zero attached hydrogens (tertiary/aromatic N) is 2. The van der Waals surface area contributed by atoms with Gasteiger partial charge in [0.2, 0.25) is 5.96 Å². The largest absolute Gasteiger partial charge is 0.370 e. The van der Waals surface area contributed by atoms with Crippen molar-refractivity contribution < 1.29 is 8.78 Å². The van der Waals surface area contributed by atoms with E-state index in [9.17, 15) is 8.78 Å². The second-order valence-electron chi connectivity index (χ2n) is 2.60. The third-order valence-corrected chi connectivity index (χ3v) is 1.39. The topological polar surface area (TPSA) is 103 Å². The molecule has 0 bridgehead atoms. The van der Waals surface area contributed by atoms with Crippen LogP contribution in [0.2, 0.25) is 0 Å². The van der Waals surface area contributed by atoms with Gasteiger partial charge in [-0.05, 0) is 12.1 Å². The van der Waals surface area contributed by atoms with Gasteiger partial charge in [0.05, 0.1) is 0 Å². The first kappa shape index (κ1) is 17.8. The van der Waals surface area contributed by atoms with Crippen molar-refractivity contribution in [2.24, 2.45) is 27.2 Å². The standard InChI is InChI=1S/C8H9F2N5.2ClH/c9-4-1-2-6(5(10)3-4)14-8(13)15-7(11)12;;/h1-3H,(H6,11,12,13,14,15);2*1H. The van der Waals surface area contributed by atoms with Gasteiger partial charge >= 0.3 is 0 Å². The lowest BCUT2D eigenvalue weighted by atomic mass is 10.3. The maximum Gasteiger partial charge on any atom is 0.223 e. The van der Waals surface area contributed by atoms with Gasteiger partial charge in [0, 0.05) is 6.07 Å². The first-order valence-corrected chi connectivity index (χ1v) is 3.88. The quantitative estimate of drug-likeness (QED) is 0.530. The number of rotatable bonds is 1. The summed E-state index contributed by atoms with van der Waals surface area (Å²) in [7, 11) is 0. The van der Waals surface area contributed by atoms with Crippen molar-refractivity contribution in [2.45, 2.75) is 0 Å². The molecule has 0 unspecified atom stereocenters. The molecule has 0 aliphatic rings. The molecule has 5 nitrogen and oxygen atoms in total. The Hall–Kier alpha value is -1.60. The van der Waals surface area contributed by atoms with Crippen LogP contribution >= 0.6 is 24.8 Å². The molecule has 0 heterocycles. The van der Waals surface area contributed by atoms with E-state index in [4.69, 9.17) is 17.2 Å². The Morgan fingerprint density at radius 2 is 1.65 bits per heavy atom. The summed E-state index contributed by atoms with van der Waals surface area (Å²) in [4.78, 5) is 6.92. The van der Waals surface area contributed by atoms with E-state index < -0.39 is 11.6 Å². The number of hydrogen-bond acceptors (Lipinski definition) is 1. The predicted molar refractivity (Wildman–Crippen MR) is 67.9 cm³/mol. The van der Waals surface area contributed by atoms with Crippen molar-refractivity contribution in [3.05, 3.63) is 29.8 Å². The van der Waals surface area contributed by atoms with E-state index >= 15 is 0 Å². The molecule has 0 aromatic heterocycles. The minimum absolute atomic E-state index is 0. The maximum atomic E-state index is 13.0. The highest BCUT2D eigenvalue weighted by Gasteiger charge is 2.02. The molecule has 0 fully saturated rings. The molecule has 96 valence electrons. The fraction of sp³-hybridized carbons (Fsp3) is 0. The zero-order chi connectivity index (χ0) is 11.4. The second-order valence-corrected chi connectivity index (χ2v) is 2.60. The van der Waals surface area contributed by atoms with Crippen LogP contribution in [0.25, 0.3) is 0 Å². The molecule has 0 aliphatic carbocycles. The molecular formula is C8H11Cl2F2N5. The monoisotopic (exact) mass is 285 g/mol. The second kappa shape index (κ2) is 7.64. The molecule has 9 heteroatoms. The summed E-state index contributed by atoms with van der Waals surface area (Å²) in [5.74, 6) is -2.14. The third kappa shape index (κ3) is 5.88. The summed E-state index contributed by atoms with van der Waals surface area (Å²) in [6.07, 6.45) is 0. The van der Waals surface area contributed by atoms with Crippen LogP contribution in [0.5, 0.6) is 0 Å². The van der Waals surface area contributed by atoms with Crippen LogP contribution in [-0.4, -0.2) is 11.9 Å². The summed E-state index contributed by atoms with van der Waals surface area (Å²) in [5.41, 5.74) is 15.2. The van der Waals surface area contributed by atoms with Gasteiger partial charge in [0.1, 0.15) is 11.5 Å². The fourth-order valence-electron chi connectivity index (χ4n) is 0.853. The molecule has 0 saturated carbocycles. The lowest BCUT2D eigenvalue weighted by molar-refractivity contribution is 0.585. The molecular weight excluding hydrogens is 275 g/mol. The van der Waals surface area contributed by atoms with E-state index in [-0.39, 0.29) is 42.4 Å². The molecule has 1 aromatic carbocycles. The van der Waals surface area contributed by atoms with Crippen molar-refractivity contribution in [3.8, 4) is 0 Å². The van der Waals surface area contributed by atoms with Crippen LogP contribution in [0.3, 0.4) is 0 Å². The normalized spacial score (nSPS) is 9.88. The van der Waals surface area contributed by atoms with Crippen molar-refractivity contribution in [1.29, 1.82) is 0 Å². The van der Waals surface area contributed by atoms with E-state index in [2.05, 4.69) is 9.98 Å². The lowest BCUT2D eigenvalue weighted by Gasteiger charge is -1.97. The van der Waals surface area contributed by atoms with Crippen LogP contribution in [0.1, 0.15) is 0 Å². The molecule has 1 rings (SSSR count). The van der Waals surface area contributed by atoms with Crippen molar-refractivity contribution in [1.82, 2.24) is 0 Å². The first-order valence-electron chi connectivity index (χ1n) is 3.88. The van der Waals surface area contributed by atoms with Crippen molar-refractivity contribution >= 4 is 42.4 Å². The SMILES string of the molecule is Cl.Cl.NC(N)=NC(N)=Nc1ccc(F)cc1F. The molecule has 0 radical (unpaired) electrons. The van der Waals surface area contributed by atoms with Crippen LogP contribution in [0.4, 0.5) is 14.5 Å². The van der Waals surface area contributed by atoms with Gasteiger partial charge in [-0.1, -0.05) is 0 Å². The first-order chi connectivity index (χ1) is 6.99. The van der Waals surface area contributed by atoms with Gasteiger partial charge < -0.3 is 17.2 Å². The number of nitrogens with two attached hydrogens (primary N) is 3. The highest BCUT2D eigenvalue weighted by atomic mass is 35.5. The van der Waals surface area contributed by atoms with E-state index in [0.29, 0.717) is 6.07 Å². The van der Waals surface area contributed by atoms with Gasteiger partial charge in [-0.2, -0.15) is 4.99 Å². The Balaban J connectivity index is 0. The highest BCUT2D eigenvalue weighted by molar-refractivity contribution is 5.93. The van der Waals surface area contributed by atoms with E-state index in [1.165, 1.54) is 0 Å². The average molecular weight is 286 g/mol. The zero-order valence-electron chi connectivity index (χ0n) is 8.43. The van der Waals surface area contributed by atoms with E-state index in [0.717, 1.165) is 12.1 Å². The van der Waals surface area contributed by atoms with Gasteiger partial charge in [-0.3, -0.25) is 0 Å². The van der Waals surface area contributed by atoms with Gasteiger partial charge in [0.15, 0.2) is 11.8 Å². The number of halogens is 4. The Morgan fingerprint density at radius 1 is 1.06 bits per heavy atom. The number of aliphatic imine (C=N–C) groups is 2. The van der Waals surface area contributed by atoms with E-state index in [1.54, 1.807) is 0 Å². The molecule has 0 saturated heterocycles. The number of guanidine groups is 2. The Kier molecular flexibility index (Phi) is 7.99. The van der Waals surface area contributed by atoms with Gasteiger partial charge in [-0.15, -0.1) is 24.8 Å². The smallest absolute Gasteiger partial charge is 0.223 e. The van der Waals surface area contributed by atoms with Crippen LogP contribution in [0, 0.1) is 11.6 Å². The molecule has 1 aromatic rings. The molecule has 6 N–H and O–H groups in total. The minimum Gasteiger partial charge on any atom is -0.370 e. The summed E-state index contributed by atoms with van der Waals surface area (Å²) in [6, 6.07) is 2.85. The Bertz CT molecular complexity index is 432. The fourth-order valence-corrected chi connectivity index (χ4v) is 0.853. The number of hydrogen-bond donors (Lipinski definition) is 3. The molecule has 0 atom stereocenters. The zero-order valence-corrected chi connectivity index (χ0v) is 10.1. The minimum atomic E-state index is -0.844. The van der Waals surface area contributed by atoms with E-state index in [1.807, 2.05) is 0 Å². The highest BCUT2D eigenvalue weighted by Crippen LogP contribution is 2.17. The molecule has 0 amide bonds. The Labute approximate surface area is 109 Å². The Morgan fingerprint density at radius 3 is 2.12 bits per heavy atom. The molecule has 0 spiro atoms. The summed E-state index contributed by atoms with van der Waals surface area (Å²) in [5, 5.41) is 0. The van der Waals surface area contributed by atoms with Crippen molar-refractivity contribution in [2.75, 3.05) is 0 Å². The third-order valence-electron chi connectivity index (χ3n) is 1.39. The summed E-state index contributed by atoms with van der Waals surface area (Å²) in [6.45, 7) is 0. The van der Waals surface area contributed by atoms with Gasteiger partial charge in [-0.25, -0.2) is 13.8 Å². The van der Waals surface area contributed by atoms with Crippen LogP contribution < -0.4 is 17.2 Å². The predicted octanol–water partition coefficient (Wildman–Crippen LogP) is 1.03. The number of benzene rings is 1. The summed E-state index contributed by atoms with van der Waals surface area (Å²) >= 11 is 0.